The number of hydrogen-bond donors (Lipinski definition) is 1. The average molecular weight is 238 g/mol. The Bertz CT molecular complexity index is 281. The van der Waals surface area contributed by atoms with Crippen LogP contribution in [0.3, 0.4) is 0 Å². The number of nitrogens with two attached hydrogens (primary N) is 1. The molecule has 0 spiro atoms. The summed E-state index contributed by atoms with van der Waals surface area (Å²) in [4.78, 5) is 2.62. The normalized spacial score (nSPS) is 39.0. The highest BCUT2D eigenvalue weighted by atomic mass is 15.2. The molecule has 4 atom stereocenters. The highest BCUT2D eigenvalue weighted by Gasteiger charge is 2.53. The second-order valence-electron chi connectivity index (χ2n) is 7.54. The van der Waals surface area contributed by atoms with E-state index in [2.05, 4.69) is 39.6 Å². The van der Waals surface area contributed by atoms with E-state index >= 15 is 0 Å². The Morgan fingerprint density at radius 2 is 2.00 bits per heavy atom. The second-order valence-corrected chi connectivity index (χ2v) is 7.54. The molecule has 0 aromatic carbocycles. The molecule has 0 heterocycles. The van der Waals surface area contributed by atoms with Crippen molar-refractivity contribution in [1.29, 1.82) is 0 Å². The highest BCUT2D eigenvalue weighted by Crippen LogP contribution is 2.53. The van der Waals surface area contributed by atoms with Crippen molar-refractivity contribution in [2.45, 2.75) is 65.0 Å². The third kappa shape index (κ3) is 2.04. The summed E-state index contributed by atoms with van der Waals surface area (Å²) in [6.07, 6.45) is 5.62. The molecule has 0 aliphatic heterocycles. The van der Waals surface area contributed by atoms with Gasteiger partial charge in [0.05, 0.1) is 0 Å². The van der Waals surface area contributed by atoms with Gasteiger partial charge in [0.15, 0.2) is 0 Å². The zero-order valence-corrected chi connectivity index (χ0v) is 12.3. The van der Waals surface area contributed by atoms with Gasteiger partial charge in [0.25, 0.3) is 0 Å². The van der Waals surface area contributed by atoms with E-state index < -0.39 is 0 Å². The first-order chi connectivity index (χ1) is 7.81. The van der Waals surface area contributed by atoms with Crippen LogP contribution in [0.15, 0.2) is 0 Å². The minimum absolute atomic E-state index is 0.301. The number of nitrogens with zero attached hydrogens (tertiary/aromatic N) is 1. The molecule has 0 radical (unpaired) electrons. The van der Waals surface area contributed by atoms with Crippen LogP contribution in [-0.4, -0.2) is 30.1 Å². The summed E-state index contributed by atoms with van der Waals surface area (Å²) in [7, 11) is 2.31. The Morgan fingerprint density at radius 3 is 2.35 bits per heavy atom. The first kappa shape index (κ1) is 13.4. The van der Waals surface area contributed by atoms with Crippen molar-refractivity contribution in [1.82, 2.24) is 4.90 Å². The predicted molar refractivity (Wildman–Crippen MR) is 73.9 cm³/mol. The van der Waals surface area contributed by atoms with Gasteiger partial charge < -0.3 is 5.73 Å². The van der Waals surface area contributed by atoms with Crippen molar-refractivity contribution in [2.24, 2.45) is 23.0 Å². The van der Waals surface area contributed by atoms with Gasteiger partial charge in [0, 0.05) is 18.1 Å². The summed E-state index contributed by atoms with van der Waals surface area (Å²) in [5.74, 6) is 1.81. The van der Waals surface area contributed by atoms with Crippen LogP contribution >= 0.6 is 0 Å². The van der Waals surface area contributed by atoms with E-state index in [0.717, 1.165) is 18.4 Å². The van der Waals surface area contributed by atoms with Crippen molar-refractivity contribution in [2.75, 3.05) is 13.6 Å². The maximum absolute atomic E-state index is 6.20. The molecule has 0 saturated heterocycles. The molecule has 2 aliphatic carbocycles. The van der Waals surface area contributed by atoms with Gasteiger partial charge in [-0.25, -0.2) is 0 Å². The third-order valence-electron chi connectivity index (χ3n) is 5.83. The molecule has 2 aliphatic rings. The molecule has 2 N–H and O–H groups in total. The monoisotopic (exact) mass is 238 g/mol. The Kier molecular flexibility index (Phi) is 3.33. The lowest BCUT2D eigenvalue weighted by molar-refractivity contribution is -0.00391. The highest BCUT2D eigenvalue weighted by molar-refractivity contribution is 5.09. The third-order valence-corrected chi connectivity index (χ3v) is 5.83. The Hall–Kier alpha value is -0.0800. The van der Waals surface area contributed by atoms with Gasteiger partial charge in [0.2, 0.25) is 0 Å². The molecular weight excluding hydrogens is 208 g/mol. The molecule has 0 aromatic heterocycles. The first-order valence-electron chi connectivity index (χ1n) is 7.24. The molecule has 2 saturated carbocycles. The summed E-state index contributed by atoms with van der Waals surface area (Å²) >= 11 is 0. The lowest BCUT2D eigenvalue weighted by Gasteiger charge is -2.50. The van der Waals surface area contributed by atoms with Crippen LogP contribution in [0.25, 0.3) is 0 Å². The van der Waals surface area contributed by atoms with Crippen molar-refractivity contribution >= 4 is 0 Å². The smallest absolute Gasteiger partial charge is 0.0362 e. The summed E-state index contributed by atoms with van der Waals surface area (Å²) in [6.45, 7) is 10.2. The molecule has 17 heavy (non-hydrogen) atoms. The number of fused-ring (bicyclic) bond motifs is 2. The van der Waals surface area contributed by atoms with E-state index in [-0.39, 0.29) is 0 Å². The zero-order chi connectivity index (χ0) is 12.8. The quantitative estimate of drug-likeness (QED) is 0.819. The minimum Gasteiger partial charge on any atom is -0.329 e. The number of likely N-dealkylation sites (N-methyl/N-ethyl adjacent to an activating group) is 1. The summed E-state index contributed by atoms with van der Waals surface area (Å²) in [5, 5.41) is 0. The SMILES string of the molecule is CC(N(C)C1(CN)CC2CCC1C2)C(C)(C)C. The molecule has 100 valence electrons. The fourth-order valence-corrected chi connectivity index (χ4v) is 4.21. The lowest BCUT2D eigenvalue weighted by atomic mass is 9.76. The topological polar surface area (TPSA) is 29.3 Å². The average Bonchev–Trinajstić information content (AvgIpc) is 2.85. The number of hydrogen-bond acceptors (Lipinski definition) is 2. The van der Waals surface area contributed by atoms with Crippen molar-refractivity contribution in [3.05, 3.63) is 0 Å². The van der Waals surface area contributed by atoms with Crippen molar-refractivity contribution < 1.29 is 0 Å². The van der Waals surface area contributed by atoms with Gasteiger partial charge in [0.1, 0.15) is 0 Å². The van der Waals surface area contributed by atoms with E-state index in [0.29, 0.717) is 17.0 Å². The van der Waals surface area contributed by atoms with Gasteiger partial charge in [-0.1, -0.05) is 27.2 Å². The fraction of sp³-hybridized carbons (Fsp3) is 1.00. The van der Waals surface area contributed by atoms with Gasteiger partial charge in [-0.15, -0.1) is 0 Å². The van der Waals surface area contributed by atoms with Crippen molar-refractivity contribution in [3.63, 3.8) is 0 Å². The number of rotatable bonds is 3. The summed E-state index contributed by atoms with van der Waals surface area (Å²) in [5.41, 5.74) is 6.83. The van der Waals surface area contributed by atoms with E-state index in [1.165, 1.54) is 25.7 Å². The molecule has 0 amide bonds. The van der Waals surface area contributed by atoms with Crippen LogP contribution in [-0.2, 0) is 0 Å². The first-order valence-corrected chi connectivity index (χ1v) is 7.24. The van der Waals surface area contributed by atoms with Crippen LogP contribution in [0.4, 0.5) is 0 Å². The largest absolute Gasteiger partial charge is 0.329 e. The molecule has 2 fully saturated rings. The molecule has 2 bridgehead atoms. The molecule has 0 aromatic rings. The van der Waals surface area contributed by atoms with Gasteiger partial charge in [-0.3, -0.25) is 4.90 Å². The van der Waals surface area contributed by atoms with Crippen LogP contribution in [0.5, 0.6) is 0 Å². The summed E-state index contributed by atoms with van der Waals surface area (Å²) in [6, 6.07) is 0.588. The van der Waals surface area contributed by atoms with Crippen molar-refractivity contribution in [3.8, 4) is 0 Å². The van der Waals surface area contributed by atoms with Gasteiger partial charge >= 0.3 is 0 Å². The van der Waals surface area contributed by atoms with E-state index in [9.17, 15) is 0 Å². The second kappa shape index (κ2) is 4.24. The predicted octanol–water partition coefficient (Wildman–Crippen LogP) is 2.87. The standard InChI is InChI=1S/C15H30N2/c1-11(14(2,3)4)17(5)15(10-16)9-12-6-7-13(15)8-12/h11-13H,6-10,16H2,1-5H3. The maximum atomic E-state index is 6.20. The Morgan fingerprint density at radius 1 is 1.35 bits per heavy atom. The van der Waals surface area contributed by atoms with E-state index in [1.54, 1.807) is 0 Å². The van der Waals surface area contributed by atoms with Crippen LogP contribution < -0.4 is 5.73 Å². The van der Waals surface area contributed by atoms with Gasteiger partial charge in [-0.05, 0) is 50.5 Å². The molecular formula is C15H30N2. The Labute approximate surface area is 107 Å². The zero-order valence-electron chi connectivity index (χ0n) is 12.3. The van der Waals surface area contributed by atoms with Gasteiger partial charge in [-0.2, -0.15) is 0 Å². The van der Waals surface area contributed by atoms with Crippen LogP contribution in [0.1, 0.15) is 53.4 Å². The molecule has 2 rings (SSSR count). The Balaban J connectivity index is 2.19. The van der Waals surface area contributed by atoms with Crippen LogP contribution in [0.2, 0.25) is 0 Å². The maximum Gasteiger partial charge on any atom is 0.0362 e. The van der Waals surface area contributed by atoms with E-state index in [4.69, 9.17) is 5.73 Å². The minimum atomic E-state index is 0.301. The molecule has 2 nitrogen and oxygen atoms in total. The molecule has 4 unspecified atom stereocenters. The summed E-state index contributed by atoms with van der Waals surface area (Å²) < 4.78 is 0. The van der Waals surface area contributed by atoms with Crippen LogP contribution in [0, 0.1) is 17.3 Å². The van der Waals surface area contributed by atoms with E-state index in [1.807, 2.05) is 0 Å². The lowest BCUT2D eigenvalue weighted by Crippen LogP contribution is -2.60. The fourth-order valence-electron chi connectivity index (χ4n) is 4.21. The molecule has 2 heteroatoms.